The molecule has 6 heteroatoms. The lowest BCUT2D eigenvalue weighted by Crippen LogP contribution is -2.12. The predicted octanol–water partition coefficient (Wildman–Crippen LogP) is 3.08. The molecule has 0 spiro atoms. The Balaban J connectivity index is 2.02. The summed E-state index contributed by atoms with van der Waals surface area (Å²) in [5.74, 6) is -1.23. The van der Waals surface area contributed by atoms with E-state index in [4.69, 9.17) is 4.74 Å². The molecule has 0 bridgehead atoms. The van der Waals surface area contributed by atoms with Gasteiger partial charge in [-0.1, -0.05) is 12.8 Å². The second-order valence-corrected chi connectivity index (χ2v) is 4.67. The lowest BCUT2D eigenvalue weighted by Gasteiger charge is -2.09. The van der Waals surface area contributed by atoms with E-state index in [-0.39, 0.29) is 5.56 Å². The molecule has 0 N–H and O–H groups in total. The molecule has 1 aliphatic carbocycles. The average Bonchev–Trinajstić information content (AvgIpc) is 2.89. The molecule has 0 radical (unpaired) electrons. The molecule has 19 heavy (non-hydrogen) atoms. The Morgan fingerprint density at radius 2 is 2.11 bits per heavy atom. The normalized spacial score (nSPS) is 15.4. The number of benzene rings is 1. The fourth-order valence-electron chi connectivity index (χ4n) is 2.23. The molecule has 2 rings (SSSR count). The Labute approximate surface area is 109 Å². The monoisotopic (exact) mass is 267 g/mol. The Hall–Kier alpha value is -1.98. The number of nitrogens with zero attached hydrogens (tertiary/aromatic N) is 1. The summed E-state index contributed by atoms with van der Waals surface area (Å²) in [6.45, 7) is 0.323. The molecule has 0 amide bonds. The molecule has 0 aromatic heterocycles. The summed E-state index contributed by atoms with van der Waals surface area (Å²) in [6.07, 6.45) is 4.36. The minimum atomic E-state index is -0.961. The summed E-state index contributed by atoms with van der Waals surface area (Å²) in [5.41, 5.74) is -0.707. The standard InChI is InChI=1S/C13H14FNO4/c14-11-6-5-10(7-12(11)15(17)18)13(16)19-8-9-3-1-2-4-9/h5-7,9H,1-4,8H2. The van der Waals surface area contributed by atoms with Crippen LogP contribution < -0.4 is 0 Å². The number of halogens is 1. The highest BCUT2D eigenvalue weighted by molar-refractivity contribution is 5.90. The highest BCUT2D eigenvalue weighted by Gasteiger charge is 2.20. The number of hydrogen-bond acceptors (Lipinski definition) is 4. The molecule has 0 saturated heterocycles. The Morgan fingerprint density at radius 1 is 1.42 bits per heavy atom. The second kappa shape index (κ2) is 5.77. The predicted molar refractivity (Wildman–Crippen MR) is 65.3 cm³/mol. The van der Waals surface area contributed by atoms with Crippen LogP contribution >= 0.6 is 0 Å². The van der Waals surface area contributed by atoms with Crippen molar-refractivity contribution in [2.75, 3.05) is 6.61 Å². The van der Waals surface area contributed by atoms with E-state index in [0.29, 0.717) is 12.5 Å². The van der Waals surface area contributed by atoms with E-state index in [1.165, 1.54) is 6.07 Å². The molecule has 0 unspecified atom stereocenters. The Morgan fingerprint density at radius 3 is 2.74 bits per heavy atom. The van der Waals surface area contributed by atoms with Crippen LogP contribution in [0.1, 0.15) is 36.0 Å². The Kier molecular flexibility index (Phi) is 4.09. The lowest BCUT2D eigenvalue weighted by molar-refractivity contribution is -0.387. The molecule has 102 valence electrons. The highest BCUT2D eigenvalue weighted by Crippen LogP contribution is 2.25. The van der Waals surface area contributed by atoms with Gasteiger partial charge in [0.05, 0.1) is 17.1 Å². The van der Waals surface area contributed by atoms with E-state index in [1.54, 1.807) is 0 Å². The first-order valence-electron chi connectivity index (χ1n) is 6.19. The molecule has 5 nitrogen and oxygen atoms in total. The molecule has 0 heterocycles. The molecule has 1 aliphatic rings. The van der Waals surface area contributed by atoms with Crippen molar-refractivity contribution in [3.63, 3.8) is 0 Å². The first kappa shape index (κ1) is 13.5. The third-order valence-electron chi connectivity index (χ3n) is 3.30. The van der Waals surface area contributed by atoms with Crippen molar-refractivity contribution >= 4 is 11.7 Å². The number of ether oxygens (including phenoxy) is 1. The van der Waals surface area contributed by atoms with Gasteiger partial charge in [-0.2, -0.15) is 4.39 Å². The van der Waals surface area contributed by atoms with E-state index >= 15 is 0 Å². The van der Waals surface area contributed by atoms with Crippen LogP contribution in [0, 0.1) is 21.8 Å². The maximum atomic E-state index is 13.1. The fourth-order valence-corrected chi connectivity index (χ4v) is 2.23. The largest absolute Gasteiger partial charge is 0.462 e. The summed E-state index contributed by atoms with van der Waals surface area (Å²) in [7, 11) is 0. The molecule has 1 aromatic rings. The topological polar surface area (TPSA) is 69.4 Å². The van der Waals surface area contributed by atoms with Crippen molar-refractivity contribution in [3.8, 4) is 0 Å². The molecule has 1 aromatic carbocycles. The first-order chi connectivity index (χ1) is 9.08. The molecule has 1 saturated carbocycles. The van der Waals surface area contributed by atoms with Crippen molar-refractivity contribution < 1.29 is 18.8 Å². The third-order valence-corrected chi connectivity index (χ3v) is 3.30. The Bertz CT molecular complexity index is 497. The first-order valence-corrected chi connectivity index (χ1v) is 6.19. The van der Waals surface area contributed by atoms with Crippen LogP contribution in [0.2, 0.25) is 0 Å². The average molecular weight is 267 g/mol. The zero-order valence-corrected chi connectivity index (χ0v) is 10.3. The fraction of sp³-hybridized carbons (Fsp3) is 0.462. The SMILES string of the molecule is O=C(OCC1CCCC1)c1ccc(F)c([N+](=O)[O-])c1. The number of nitro benzene ring substituents is 1. The lowest BCUT2D eigenvalue weighted by atomic mass is 10.1. The van der Waals surface area contributed by atoms with E-state index in [0.717, 1.165) is 37.8 Å². The van der Waals surface area contributed by atoms with Gasteiger partial charge in [-0.15, -0.1) is 0 Å². The van der Waals surface area contributed by atoms with Gasteiger partial charge in [0.25, 0.3) is 0 Å². The van der Waals surface area contributed by atoms with Crippen molar-refractivity contribution in [2.45, 2.75) is 25.7 Å². The zero-order valence-electron chi connectivity index (χ0n) is 10.3. The van der Waals surface area contributed by atoms with Gasteiger partial charge >= 0.3 is 11.7 Å². The summed E-state index contributed by atoms with van der Waals surface area (Å²) in [5, 5.41) is 10.6. The van der Waals surface area contributed by atoms with Crippen LogP contribution in [0.4, 0.5) is 10.1 Å². The molecule has 0 atom stereocenters. The summed E-state index contributed by atoms with van der Waals surface area (Å²) in [4.78, 5) is 21.4. The minimum Gasteiger partial charge on any atom is -0.462 e. The second-order valence-electron chi connectivity index (χ2n) is 4.67. The van der Waals surface area contributed by atoms with Crippen LogP contribution in [-0.4, -0.2) is 17.5 Å². The molecular formula is C13H14FNO4. The van der Waals surface area contributed by atoms with Crippen molar-refractivity contribution in [3.05, 3.63) is 39.7 Å². The number of rotatable bonds is 4. The maximum absolute atomic E-state index is 13.1. The van der Waals surface area contributed by atoms with E-state index in [2.05, 4.69) is 0 Å². The smallest absolute Gasteiger partial charge is 0.338 e. The van der Waals surface area contributed by atoms with E-state index < -0.39 is 22.4 Å². The zero-order chi connectivity index (χ0) is 13.8. The van der Waals surface area contributed by atoms with Crippen LogP contribution in [0.25, 0.3) is 0 Å². The van der Waals surface area contributed by atoms with Crippen molar-refractivity contribution in [1.29, 1.82) is 0 Å². The maximum Gasteiger partial charge on any atom is 0.338 e. The van der Waals surface area contributed by atoms with Gasteiger partial charge in [0.15, 0.2) is 0 Å². The number of hydrogen-bond donors (Lipinski definition) is 0. The van der Waals surface area contributed by atoms with Gasteiger partial charge in [0.2, 0.25) is 5.82 Å². The number of carbonyl (C=O) groups is 1. The number of nitro groups is 1. The quantitative estimate of drug-likeness (QED) is 0.477. The summed E-state index contributed by atoms with van der Waals surface area (Å²) in [6, 6.07) is 3.01. The third kappa shape index (κ3) is 3.27. The minimum absolute atomic E-state index is 0.00565. The molecule has 0 aliphatic heterocycles. The van der Waals surface area contributed by atoms with Crippen LogP contribution in [0.15, 0.2) is 18.2 Å². The number of carbonyl (C=O) groups excluding carboxylic acids is 1. The van der Waals surface area contributed by atoms with Crippen LogP contribution in [0.5, 0.6) is 0 Å². The van der Waals surface area contributed by atoms with Crippen LogP contribution in [0.3, 0.4) is 0 Å². The van der Waals surface area contributed by atoms with E-state index in [1.807, 2.05) is 0 Å². The van der Waals surface area contributed by atoms with E-state index in [9.17, 15) is 19.3 Å². The van der Waals surface area contributed by atoms with Gasteiger partial charge in [0, 0.05) is 6.07 Å². The highest BCUT2D eigenvalue weighted by atomic mass is 19.1. The summed E-state index contributed by atoms with van der Waals surface area (Å²) >= 11 is 0. The van der Waals surface area contributed by atoms with Crippen LogP contribution in [-0.2, 0) is 4.74 Å². The summed E-state index contributed by atoms with van der Waals surface area (Å²) < 4.78 is 18.2. The molecule has 1 fully saturated rings. The van der Waals surface area contributed by atoms with Gasteiger partial charge < -0.3 is 4.74 Å². The molecular weight excluding hydrogens is 253 g/mol. The number of esters is 1. The van der Waals surface area contributed by atoms with Gasteiger partial charge in [-0.25, -0.2) is 4.79 Å². The van der Waals surface area contributed by atoms with Crippen molar-refractivity contribution in [1.82, 2.24) is 0 Å². The van der Waals surface area contributed by atoms with Gasteiger partial charge in [-0.3, -0.25) is 10.1 Å². The van der Waals surface area contributed by atoms with Gasteiger partial charge in [0.1, 0.15) is 0 Å². The van der Waals surface area contributed by atoms with Gasteiger partial charge in [-0.05, 0) is 30.9 Å². The van der Waals surface area contributed by atoms with Crippen molar-refractivity contribution in [2.24, 2.45) is 5.92 Å².